The van der Waals surface area contributed by atoms with Gasteiger partial charge in [0, 0.05) is 43.0 Å². The highest BCUT2D eigenvalue weighted by atomic mass is 15.3. The zero-order chi connectivity index (χ0) is 14.8. The van der Waals surface area contributed by atoms with Gasteiger partial charge in [0.25, 0.3) is 0 Å². The summed E-state index contributed by atoms with van der Waals surface area (Å²) in [7, 11) is 0. The van der Waals surface area contributed by atoms with E-state index in [0.29, 0.717) is 5.92 Å². The van der Waals surface area contributed by atoms with Gasteiger partial charge in [-0.2, -0.15) is 10.2 Å². The number of H-pyrrole nitrogens is 1. The summed E-state index contributed by atoms with van der Waals surface area (Å²) in [5, 5.41) is 11.9. The number of nitrogens with one attached hydrogen (secondary N) is 1. The van der Waals surface area contributed by atoms with Crippen LogP contribution in [0.3, 0.4) is 0 Å². The van der Waals surface area contributed by atoms with Gasteiger partial charge in [-0.15, -0.1) is 0 Å². The molecule has 0 aromatic carbocycles. The van der Waals surface area contributed by atoms with E-state index in [0.717, 1.165) is 25.3 Å². The largest absolute Gasteiger partial charge is 0.298 e. The molecular formula is C16H25N5. The van der Waals surface area contributed by atoms with Crippen molar-refractivity contribution in [1.82, 2.24) is 24.9 Å². The second-order valence-electron chi connectivity index (χ2n) is 6.14. The molecule has 1 aliphatic heterocycles. The first-order chi connectivity index (χ1) is 10.2. The number of hydrogen-bond acceptors (Lipinski definition) is 3. The predicted molar refractivity (Wildman–Crippen MR) is 83.2 cm³/mol. The van der Waals surface area contributed by atoms with Crippen LogP contribution in [-0.2, 0) is 13.1 Å². The summed E-state index contributed by atoms with van der Waals surface area (Å²) in [6.45, 7) is 10.6. The lowest BCUT2D eigenvalue weighted by Crippen LogP contribution is -2.34. The summed E-state index contributed by atoms with van der Waals surface area (Å²) in [4.78, 5) is 2.55. The Labute approximate surface area is 126 Å². The molecule has 0 bridgehead atoms. The van der Waals surface area contributed by atoms with E-state index in [9.17, 15) is 0 Å². The van der Waals surface area contributed by atoms with Crippen LogP contribution >= 0.6 is 0 Å². The van der Waals surface area contributed by atoms with Gasteiger partial charge < -0.3 is 0 Å². The molecule has 0 saturated carbocycles. The van der Waals surface area contributed by atoms with E-state index in [1.165, 1.54) is 36.2 Å². The van der Waals surface area contributed by atoms with E-state index in [1.807, 2.05) is 10.9 Å². The van der Waals surface area contributed by atoms with E-state index in [4.69, 9.17) is 0 Å². The number of aromatic amines is 1. The smallest absolute Gasteiger partial charge is 0.0638 e. The van der Waals surface area contributed by atoms with Crippen LogP contribution in [0.4, 0.5) is 0 Å². The van der Waals surface area contributed by atoms with Crippen LogP contribution in [0.15, 0.2) is 12.4 Å². The number of likely N-dealkylation sites (tertiary alicyclic amines) is 1. The number of piperidine rings is 1. The Kier molecular flexibility index (Phi) is 4.10. The minimum absolute atomic E-state index is 0.586. The molecule has 0 radical (unpaired) electrons. The second-order valence-corrected chi connectivity index (χ2v) is 6.14. The molecule has 1 N–H and O–H groups in total. The van der Waals surface area contributed by atoms with Gasteiger partial charge in [0.15, 0.2) is 0 Å². The lowest BCUT2D eigenvalue weighted by molar-refractivity contribution is 0.198. The molecule has 2 aromatic heterocycles. The van der Waals surface area contributed by atoms with Crippen LogP contribution in [0.2, 0.25) is 0 Å². The van der Waals surface area contributed by atoms with Crippen molar-refractivity contribution < 1.29 is 0 Å². The first-order valence-electron chi connectivity index (χ1n) is 7.92. The average molecular weight is 287 g/mol. The van der Waals surface area contributed by atoms with Crippen LogP contribution in [-0.4, -0.2) is 38.0 Å². The number of rotatable bonds is 4. The van der Waals surface area contributed by atoms with Gasteiger partial charge in [-0.05, 0) is 45.7 Å². The predicted octanol–water partition coefficient (Wildman–Crippen LogP) is 2.62. The molecule has 1 unspecified atom stereocenters. The van der Waals surface area contributed by atoms with E-state index in [2.05, 4.69) is 47.2 Å². The first kappa shape index (κ1) is 14.3. The van der Waals surface area contributed by atoms with Crippen molar-refractivity contribution in [2.24, 2.45) is 0 Å². The van der Waals surface area contributed by atoms with Gasteiger partial charge in [-0.3, -0.25) is 14.7 Å². The van der Waals surface area contributed by atoms with Crippen molar-refractivity contribution >= 4 is 0 Å². The fourth-order valence-electron chi connectivity index (χ4n) is 3.32. The fraction of sp³-hybridized carbons (Fsp3) is 0.625. The summed E-state index contributed by atoms with van der Waals surface area (Å²) < 4.78 is 2.03. The Bertz CT molecular complexity index is 598. The minimum atomic E-state index is 0.586. The summed E-state index contributed by atoms with van der Waals surface area (Å²) in [5.74, 6) is 0.586. The molecule has 5 nitrogen and oxygen atoms in total. The Morgan fingerprint density at radius 3 is 2.90 bits per heavy atom. The zero-order valence-electron chi connectivity index (χ0n) is 13.3. The molecule has 114 valence electrons. The third-order valence-corrected chi connectivity index (χ3v) is 4.55. The third kappa shape index (κ3) is 3.02. The minimum Gasteiger partial charge on any atom is -0.298 e. The van der Waals surface area contributed by atoms with Gasteiger partial charge >= 0.3 is 0 Å². The maximum Gasteiger partial charge on any atom is 0.0638 e. The van der Waals surface area contributed by atoms with Crippen molar-refractivity contribution in [3.63, 3.8) is 0 Å². The standard InChI is InChI=1S/C16H25N5/c1-4-21-11-15(13(3)19-21)10-20-7-5-6-14(9-20)16-12(2)8-17-18-16/h8,11,14H,4-7,9-10H2,1-3H3,(H,17,18). The van der Waals surface area contributed by atoms with E-state index in [-0.39, 0.29) is 0 Å². The normalized spacial score (nSPS) is 20.0. The first-order valence-corrected chi connectivity index (χ1v) is 7.92. The van der Waals surface area contributed by atoms with Gasteiger partial charge in [-0.25, -0.2) is 0 Å². The molecule has 0 amide bonds. The summed E-state index contributed by atoms with van der Waals surface area (Å²) in [6.07, 6.45) is 6.64. The van der Waals surface area contributed by atoms with E-state index in [1.54, 1.807) is 0 Å². The van der Waals surface area contributed by atoms with Crippen LogP contribution in [0.25, 0.3) is 0 Å². The van der Waals surface area contributed by atoms with Gasteiger partial charge in [0.1, 0.15) is 0 Å². The highest BCUT2D eigenvalue weighted by molar-refractivity contribution is 5.20. The number of nitrogens with zero attached hydrogens (tertiary/aromatic N) is 4. The van der Waals surface area contributed by atoms with E-state index >= 15 is 0 Å². The Morgan fingerprint density at radius 1 is 1.38 bits per heavy atom. The SMILES string of the molecule is CCn1cc(CN2CCCC(c3[nH]ncc3C)C2)c(C)n1. The van der Waals surface area contributed by atoms with Crippen molar-refractivity contribution in [2.45, 2.75) is 52.6 Å². The molecule has 3 rings (SSSR count). The van der Waals surface area contributed by atoms with Gasteiger partial charge in [-0.1, -0.05) is 0 Å². The summed E-state index contributed by atoms with van der Waals surface area (Å²) >= 11 is 0. The molecule has 0 aliphatic carbocycles. The maximum absolute atomic E-state index is 4.55. The molecular weight excluding hydrogens is 262 g/mol. The highest BCUT2D eigenvalue weighted by Gasteiger charge is 2.24. The molecule has 2 aromatic rings. The average Bonchev–Trinajstić information content (AvgIpc) is 3.06. The van der Waals surface area contributed by atoms with Gasteiger partial charge in [0.2, 0.25) is 0 Å². The molecule has 3 heterocycles. The molecule has 1 aliphatic rings. The fourth-order valence-corrected chi connectivity index (χ4v) is 3.32. The molecule has 5 heteroatoms. The quantitative estimate of drug-likeness (QED) is 0.940. The van der Waals surface area contributed by atoms with Gasteiger partial charge in [0.05, 0.1) is 11.9 Å². The molecule has 1 fully saturated rings. The monoisotopic (exact) mass is 287 g/mol. The lowest BCUT2D eigenvalue weighted by Gasteiger charge is -2.32. The maximum atomic E-state index is 4.55. The van der Waals surface area contributed by atoms with Crippen LogP contribution in [0.1, 0.15) is 48.2 Å². The Morgan fingerprint density at radius 2 is 2.24 bits per heavy atom. The zero-order valence-corrected chi connectivity index (χ0v) is 13.3. The van der Waals surface area contributed by atoms with Crippen molar-refractivity contribution in [3.05, 3.63) is 34.9 Å². The van der Waals surface area contributed by atoms with Crippen LogP contribution in [0.5, 0.6) is 0 Å². The Hall–Kier alpha value is -1.62. The number of hydrogen-bond donors (Lipinski definition) is 1. The van der Waals surface area contributed by atoms with Crippen molar-refractivity contribution in [1.29, 1.82) is 0 Å². The van der Waals surface area contributed by atoms with Crippen molar-refractivity contribution in [3.8, 4) is 0 Å². The van der Waals surface area contributed by atoms with Crippen LogP contribution < -0.4 is 0 Å². The molecule has 1 atom stereocenters. The lowest BCUT2D eigenvalue weighted by atomic mass is 9.92. The summed E-state index contributed by atoms with van der Waals surface area (Å²) in [5.41, 5.74) is 5.13. The number of aryl methyl sites for hydroxylation is 3. The number of aromatic nitrogens is 4. The van der Waals surface area contributed by atoms with Crippen molar-refractivity contribution in [2.75, 3.05) is 13.1 Å². The highest BCUT2D eigenvalue weighted by Crippen LogP contribution is 2.28. The van der Waals surface area contributed by atoms with Crippen LogP contribution in [0, 0.1) is 13.8 Å². The van der Waals surface area contributed by atoms with E-state index < -0.39 is 0 Å². The Balaban J connectivity index is 1.69. The molecule has 0 spiro atoms. The molecule has 21 heavy (non-hydrogen) atoms. The summed E-state index contributed by atoms with van der Waals surface area (Å²) in [6, 6.07) is 0. The second kappa shape index (κ2) is 6.02. The molecule has 1 saturated heterocycles. The third-order valence-electron chi connectivity index (χ3n) is 4.55. The topological polar surface area (TPSA) is 49.7 Å².